The lowest BCUT2D eigenvalue weighted by Gasteiger charge is -2.10. The van der Waals surface area contributed by atoms with Crippen LogP contribution >= 0.6 is 11.6 Å². The summed E-state index contributed by atoms with van der Waals surface area (Å²) in [5.41, 5.74) is 2.73. The third-order valence-electron chi connectivity index (χ3n) is 2.76. The van der Waals surface area contributed by atoms with Crippen LogP contribution in [-0.4, -0.2) is 10.1 Å². The van der Waals surface area contributed by atoms with Gasteiger partial charge in [0.15, 0.2) is 0 Å². The predicted octanol–water partition coefficient (Wildman–Crippen LogP) is 3.89. The fourth-order valence-corrected chi connectivity index (χ4v) is 2.02. The zero-order valence-corrected chi connectivity index (χ0v) is 11.7. The second-order valence-electron chi connectivity index (χ2n) is 4.35. The van der Waals surface area contributed by atoms with E-state index in [1.54, 1.807) is 6.07 Å². The molecule has 4 heteroatoms. The first-order valence-electron chi connectivity index (χ1n) is 6.17. The Morgan fingerprint density at radius 2 is 2.05 bits per heavy atom. The number of aryl methyl sites for hydroxylation is 2. The Morgan fingerprint density at radius 3 is 2.68 bits per heavy atom. The number of aromatic nitrogens is 1. The van der Waals surface area contributed by atoms with Gasteiger partial charge in [0.1, 0.15) is 5.75 Å². The molecule has 1 aromatic carbocycles. The molecular weight excluding hydrogens is 262 g/mol. The number of aliphatic hydroxyl groups excluding tert-OH is 1. The van der Waals surface area contributed by atoms with E-state index in [2.05, 4.69) is 4.98 Å². The van der Waals surface area contributed by atoms with E-state index in [4.69, 9.17) is 16.3 Å². The van der Waals surface area contributed by atoms with Crippen molar-refractivity contribution in [2.75, 3.05) is 0 Å². The van der Waals surface area contributed by atoms with Gasteiger partial charge in [0, 0.05) is 11.8 Å². The second-order valence-corrected chi connectivity index (χ2v) is 4.76. The lowest BCUT2D eigenvalue weighted by molar-refractivity contribution is 0.281. The summed E-state index contributed by atoms with van der Waals surface area (Å²) in [4.78, 5) is 4.37. The average molecular weight is 278 g/mol. The van der Waals surface area contributed by atoms with E-state index < -0.39 is 0 Å². The number of pyridine rings is 1. The van der Waals surface area contributed by atoms with Gasteiger partial charge in [-0.2, -0.15) is 0 Å². The van der Waals surface area contributed by atoms with Gasteiger partial charge in [-0.05, 0) is 42.7 Å². The van der Waals surface area contributed by atoms with E-state index in [9.17, 15) is 5.11 Å². The molecule has 0 saturated heterocycles. The van der Waals surface area contributed by atoms with Crippen LogP contribution in [-0.2, 0) is 13.0 Å². The van der Waals surface area contributed by atoms with Crippen LogP contribution in [0.25, 0.3) is 0 Å². The molecule has 0 aliphatic heterocycles. The fraction of sp³-hybridized carbons (Fsp3) is 0.267. The van der Waals surface area contributed by atoms with Crippen LogP contribution in [0.4, 0.5) is 0 Å². The molecule has 2 aromatic rings. The van der Waals surface area contributed by atoms with Gasteiger partial charge in [0.25, 0.3) is 0 Å². The molecule has 100 valence electrons. The molecule has 0 fully saturated rings. The van der Waals surface area contributed by atoms with Crippen LogP contribution in [0.3, 0.4) is 0 Å². The minimum Gasteiger partial charge on any atom is -0.437 e. The molecule has 0 unspecified atom stereocenters. The van der Waals surface area contributed by atoms with Crippen molar-refractivity contribution in [3.05, 3.63) is 52.2 Å². The van der Waals surface area contributed by atoms with Gasteiger partial charge in [-0.3, -0.25) is 0 Å². The lowest BCUT2D eigenvalue weighted by Crippen LogP contribution is -1.96. The molecule has 0 aliphatic rings. The van der Waals surface area contributed by atoms with Crippen LogP contribution < -0.4 is 4.74 Å². The van der Waals surface area contributed by atoms with Crippen molar-refractivity contribution in [2.45, 2.75) is 26.9 Å². The number of ether oxygens (including phenoxy) is 1. The maximum Gasteiger partial charge on any atom is 0.219 e. The highest BCUT2D eigenvalue weighted by Crippen LogP contribution is 2.29. The molecule has 0 radical (unpaired) electrons. The van der Waals surface area contributed by atoms with Gasteiger partial charge >= 0.3 is 0 Å². The maximum absolute atomic E-state index is 9.23. The lowest BCUT2D eigenvalue weighted by atomic mass is 10.2. The number of rotatable bonds is 4. The van der Waals surface area contributed by atoms with Crippen molar-refractivity contribution < 1.29 is 9.84 Å². The monoisotopic (exact) mass is 277 g/mol. The van der Waals surface area contributed by atoms with Gasteiger partial charge < -0.3 is 9.84 Å². The molecule has 3 nitrogen and oxygen atoms in total. The van der Waals surface area contributed by atoms with Crippen molar-refractivity contribution >= 4 is 11.6 Å². The van der Waals surface area contributed by atoms with E-state index in [-0.39, 0.29) is 6.61 Å². The highest BCUT2D eigenvalue weighted by atomic mass is 35.5. The topological polar surface area (TPSA) is 42.4 Å². The minimum atomic E-state index is -0.0342. The van der Waals surface area contributed by atoms with E-state index >= 15 is 0 Å². The zero-order valence-electron chi connectivity index (χ0n) is 11.0. The molecule has 1 N–H and O–H groups in total. The summed E-state index contributed by atoms with van der Waals surface area (Å²) < 4.78 is 5.69. The summed E-state index contributed by atoms with van der Waals surface area (Å²) in [7, 11) is 0. The molecule has 1 heterocycles. The highest BCUT2D eigenvalue weighted by molar-refractivity contribution is 6.32. The number of aliphatic hydroxyl groups is 1. The summed E-state index contributed by atoms with van der Waals surface area (Å²) in [5.74, 6) is 1.02. The molecule has 0 amide bonds. The number of halogens is 1. The maximum atomic E-state index is 9.23. The summed E-state index contributed by atoms with van der Waals surface area (Å²) in [5, 5.41) is 9.78. The van der Waals surface area contributed by atoms with Crippen LogP contribution in [0.15, 0.2) is 30.3 Å². The first kappa shape index (κ1) is 13.8. The Labute approximate surface area is 117 Å². The van der Waals surface area contributed by atoms with Gasteiger partial charge in [-0.15, -0.1) is 0 Å². The van der Waals surface area contributed by atoms with Crippen molar-refractivity contribution in [3.63, 3.8) is 0 Å². The van der Waals surface area contributed by atoms with Crippen LogP contribution in [0.5, 0.6) is 11.6 Å². The average Bonchev–Trinajstić information content (AvgIpc) is 2.41. The molecule has 19 heavy (non-hydrogen) atoms. The van der Waals surface area contributed by atoms with E-state index in [0.29, 0.717) is 16.7 Å². The van der Waals surface area contributed by atoms with E-state index in [0.717, 1.165) is 23.2 Å². The van der Waals surface area contributed by atoms with Crippen molar-refractivity contribution in [3.8, 4) is 11.6 Å². The first-order chi connectivity index (χ1) is 9.12. The Balaban J connectivity index is 2.31. The third kappa shape index (κ3) is 3.46. The van der Waals surface area contributed by atoms with Gasteiger partial charge in [0.05, 0.1) is 11.6 Å². The standard InChI is InChI=1S/C15H16ClNO2/c1-3-12-7-11(9-18)8-15(17-12)19-14-5-4-10(2)6-13(14)16/h4-8,18H,3,9H2,1-2H3. The predicted molar refractivity (Wildman–Crippen MR) is 75.8 cm³/mol. The van der Waals surface area contributed by atoms with Gasteiger partial charge in [-0.1, -0.05) is 24.6 Å². The van der Waals surface area contributed by atoms with Gasteiger partial charge in [-0.25, -0.2) is 4.98 Å². The van der Waals surface area contributed by atoms with E-state index in [1.807, 2.05) is 38.1 Å². The molecule has 0 aliphatic carbocycles. The summed E-state index contributed by atoms with van der Waals surface area (Å²) in [6.45, 7) is 3.94. The summed E-state index contributed by atoms with van der Waals surface area (Å²) in [6.07, 6.45) is 0.784. The molecule has 0 spiro atoms. The smallest absolute Gasteiger partial charge is 0.219 e. The number of hydrogen-bond donors (Lipinski definition) is 1. The Bertz CT molecular complexity index is 562. The third-order valence-corrected chi connectivity index (χ3v) is 3.06. The Morgan fingerprint density at radius 1 is 1.26 bits per heavy atom. The minimum absolute atomic E-state index is 0.0342. The zero-order chi connectivity index (χ0) is 13.8. The van der Waals surface area contributed by atoms with Crippen LogP contribution in [0, 0.1) is 6.92 Å². The number of nitrogens with zero attached hydrogens (tertiary/aromatic N) is 1. The van der Waals surface area contributed by atoms with Crippen molar-refractivity contribution in [1.82, 2.24) is 4.98 Å². The van der Waals surface area contributed by atoms with E-state index in [1.165, 1.54) is 0 Å². The summed E-state index contributed by atoms with van der Waals surface area (Å²) >= 11 is 6.12. The largest absolute Gasteiger partial charge is 0.437 e. The molecule has 0 atom stereocenters. The van der Waals surface area contributed by atoms with Gasteiger partial charge in [0.2, 0.25) is 5.88 Å². The molecule has 0 saturated carbocycles. The van der Waals surface area contributed by atoms with Crippen molar-refractivity contribution in [2.24, 2.45) is 0 Å². The molecule has 1 aromatic heterocycles. The number of hydrogen-bond acceptors (Lipinski definition) is 3. The van der Waals surface area contributed by atoms with Crippen molar-refractivity contribution in [1.29, 1.82) is 0 Å². The van der Waals surface area contributed by atoms with Crippen LogP contribution in [0.2, 0.25) is 5.02 Å². The first-order valence-corrected chi connectivity index (χ1v) is 6.55. The Kier molecular flexibility index (Phi) is 4.40. The highest BCUT2D eigenvalue weighted by Gasteiger charge is 2.07. The van der Waals surface area contributed by atoms with Crippen LogP contribution in [0.1, 0.15) is 23.7 Å². The SMILES string of the molecule is CCc1cc(CO)cc(Oc2ccc(C)cc2Cl)n1. The Hall–Kier alpha value is -1.58. The molecule has 2 rings (SSSR count). The normalized spacial score (nSPS) is 10.5. The molecule has 0 bridgehead atoms. The number of benzene rings is 1. The fourth-order valence-electron chi connectivity index (χ4n) is 1.75. The second kappa shape index (κ2) is 6.04. The molecular formula is C15H16ClNO2. The summed E-state index contributed by atoms with van der Waals surface area (Å²) in [6, 6.07) is 9.17. The quantitative estimate of drug-likeness (QED) is 0.922.